The Morgan fingerprint density at radius 3 is 2.63 bits per heavy atom. The van der Waals surface area contributed by atoms with E-state index in [1.54, 1.807) is 31.4 Å². The number of aliphatic hydroxyl groups excluding tert-OH is 1. The minimum atomic E-state index is -0.0332. The predicted octanol–water partition coefficient (Wildman–Crippen LogP) is 1.38. The fraction of sp³-hybridized carbons (Fsp3) is 0.500. The lowest BCUT2D eigenvalue weighted by Gasteiger charge is -2.13. The maximum atomic E-state index is 11.8. The Morgan fingerprint density at radius 2 is 2.05 bits per heavy atom. The molecule has 3 N–H and O–H groups in total. The minimum absolute atomic E-state index is 0.0332. The van der Waals surface area contributed by atoms with Gasteiger partial charge in [0.2, 0.25) is 5.91 Å². The topological polar surface area (TPSA) is 70.6 Å². The summed E-state index contributed by atoms with van der Waals surface area (Å²) < 4.78 is 5.05. The molecule has 0 heterocycles. The minimum Gasteiger partial charge on any atom is -0.497 e. The summed E-state index contributed by atoms with van der Waals surface area (Å²) in [4.78, 5) is 11.8. The molecule has 0 radical (unpaired) electrons. The number of ether oxygens (including phenoxy) is 1. The molecule has 106 valence electrons. The average molecular weight is 266 g/mol. The van der Waals surface area contributed by atoms with Crippen LogP contribution in [0, 0.1) is 0 Å². The average Bonchev–Trinajstić information content (AvgIpc) is 2.39. The van der Waals surface area contributed by atoms with Gasteiger partial charge in [-0.05, 0) is 44.2 Å². The van der Waals surface area contributed by atoms with Crippen molar-refractivity contribution in [2.45, 2.75) is 25.8 Å². The van der Waals surface area contributed by atoms with Gasteiger partial charge < -0.3 is 20.5 Å². The third-order valence-corrected chi connectivity index (χ3v) is 2.69. The molecule has 0 aliphatic rings. The largest absolute Gasteiger partial charge is 0.497 e. The molecule has 0 fully saturated rings. The van der Waals surface area contributed by atoms with Crippen molar-refractivity contribution in [2.75, 3.05) is 25.6 Å². The van der Waals surface area contributed by atoms with Crippen LogP contribution in [-0.2, 0) is 4.79 Å². The second-order valence-electron chi connectivity index (χ2n) is 4.41. The third kappa shape index (κ3) is 6.22. The van der Waals surface area contributed by atoms with Gasteiger partial charge in [-0.3, -0.25) is 4.79 Å². The van der Waals surface area contributed by atoms with Gasteiger partial charge in [-0.1, -0.05) is 0 Å². The maximum absolute atomic E-state index is 11.8. The van der Waals surface area contributed by atoms with E-state index in [1.165, 1.54) is 0 Å². The number of hydrogen-bond donors (Lipinski definition) is 3. The second-order valence-corrected chi connectivity index (χ2v) is 4.41. The zero-order valence-corrected chi connectivity index (χ0v) is 11.5. The van der Waals surface area contributed by atoms with Gasteiger partial charge in [0.25, 0.3) is 0 Å². The highest BCUT2D eigenvalue weighted by atomic mass is 16.5. The predicted molar refractivity (Wildman–Crippen MR) is 75.4 cm³/mol. The molecule has 1 atom stereocenters. The van der Waals surface area contributed by atoms with Crippen molar-refractivity contribution in [3.8, 4) is 5.75 Å². The number of carbonyl (C=O) groups is 1. The number of hydrogen-bond acceptors (Lipinski definition) is 4. The van der Waals surface area contributed by atoms with E-state index in [0.29, 0.717) is 19.4 Å². The number of anilines is 1. The number of benzene rings is 1. The number of rotatable bonds is 8. The SMILES string of the molecule is COc1ccc(NC(=O)CC(C)NCCCO)cc1. The molecular formula is C14H22N2O3. The van der Waals surface area contributed by atoms with Gasteiger partial charge in [0.15, 0.2) is 0 Å². The molecule has 0 aliphatic heterocycles. The number of amides is 1. The summed E-state index contributed by atoms with van der Waals surface area (Å²) in [5, 5.41) is 14.7. The molecule has 1 amide bonds. The Morgan fingerprint density at radius 1 is 1.37 bits per heavy atom. The summed E-state index contributed by atoms with van der Waals surface area (Å²) in [5.74, 6) is 0.728. The lowest BCUT2D eigenvalue weighted by molar-refractivity contribution is -0.116. The van der Waals surface area contributed by atoms with Gasteiger partial charge in [-0.2, -0.15) is 0 Å². The zero-order chi connectivity index (χ0) is 14.1. The van der Waals surface area contributed by atoms with E-state index in [4.69, 9.17) is 9.84 Å². The first kappa shape index (κ1) is 15.5. The molecule has 0 saturated carbocycles. The smallest absolute Gasteiger partial charge is 0.225 e. The lowest BCUT2D eigenvalue weighted by Crippen LogP contribution is -2.31. The fourth-order valence-corrected chi connectivity index (χ4v) is 1.66. The Labute approximate surface area is 114 Å². The van der Waals surface area contributed by atoms with Crippen molar-refractivity contribution in [3.05, 3.63) is 24.3 Å². The van der Waals surface area contributed by atoms with Crippen LogP contribution < -0.4 is 15.4 Å². The fourth-order valence-electron chi connectivity index (χ4n) is 1.66. The first-order valence-electron chi connectivity index (χ1n) is 6.44. The van der Waals surface area contributed by atoms with Crippen molar-refractivity contribution >= 4 is 11.6 Å². The monoisotopic (exact) mass is 266 g/mol. The Kier molecular flexibility index (Phi) is 6.92. The molecule has 1 aromatic carbocycles. The maximum Gasteiger partial charge on any atom is 0.225 e. The molecule has 1 aromatic rings. The van der Waals surface area contributed by atoms with E-state index in [1.807, 2.05) is 6.92 Å². The first-order valence-corrected chi connectivity index (χ1v) is 6.44. The van der Waals surface area contributed by atoms with Gasteiger partial charge in [0.1, 0.15) is 5.75 Å². The van der Waals surface area contributed by atoms with Gasteiger partial charge in [0, 0.05) is 24.8 Å². The molecular weight excluding hydrogens is 244 g/mol. The van der Waals surface area contributed by atoms with E-state index in [0.717, 1.165) is 11.4 Å². The summed E-state index contributed by atoms with van der Waals surface area (Å²) in [7, 11) is 1.60. The summed E-state index contributed by atoms with van der Waals surface area (Å²) in [6.07, 6.45) is 1.10. The van der Waals surface area contributed by atoms with E-state index >= 15 is 0 Å². The van der Waals surface area contributed by atoms with Crippen LogP contribution in [-0.4, -0.2) is 37.3 Å². The second kappa shape index (κ2) is 8.50. The van der Waals surface area contributed by atoms with Crippen molar-refractivity contribution in [1.82, 2.24) is 5.32 Å². The number of carbonyl (C=O) groups excluding carboxylic acids is 1. The number of aliphatic hydroxyl groups is 1. The van der Waals surface area contributed by atoms with Crippen LogP contribution in [0.15, 0.2) is 24.3 Å². The standard InChI is InChI=1S/C14H22N2O3/c1-11(15-8-3-9-17)10-14(18)16-12-4-6-13(19-2)7-5-12/h4-7,11,15,17H,3,8-10H2,1-2H3,(H,16,18). The van der Waals surface area contributed by atoms with E-state index in [-0.39, 0.29) is 18.6 Å². The van der Waals surface area contributed by atoms with E-state index in [2.05, 4.69) is 10.6 Å². The molecule has 0 saturated heterocycles. The molecule has 1 unspecified atom stereocenters. The Hall–Kier alpha value is -1.59. The third-order valence-electron chi connectivity index (χ3n) is 2.69. The highest BCUT2D eigenvalue weighted by Crippen LogP contribution is 2.15. The van der Waals surface area contributed by atoms with Crippen molar-refractivity contribution in [1.29, 1.82) is 0 Å². The normalized spacial score (nSPS) is 11.9. The Bertz CT molecular complexity index is 379. The highest BCUT2D eigenvalue weighted by Gasteiger charge is 2.08. The number of methoxy groups -OCH3 is 1. The van der Waals surface area contributed by atoms with Crippen molar-refractivity contribution < 1.29 is 14.6 Å². The summed E-state index contributed by atoms with van der Waals surface area (Å²) >= 11 is 0. The van der Waals surface area contributed by atoms with Crippen molar-refractivity contribution in [3.63, 3.8) is 0 Å². The van der Waals surface area contributed by atoms with Crippen molar-refractivity contribution in [2.24, 2.45) is 0 Å². The summed E-state index contributed by atoms with van der Waals surface area (Å²) in [6, 6.07) is 7.31. The lowest BCUT2D eigenvalue weighted by atomic mass is 10.2. The molecule has 0 aliphatic carbocycles. The van der Waals surface area contributed by atoms with Crippen LogP contribution in [0.3, 0.4) is 0 Å². The molecule has 5 heteroatoms. The quantitative estimate of drug-likeness (QED) is 0.622. The molecule has 0 spiro atoms. The van der Waals surface area contributed by atoms with Crippen LogP contribution in [0.25, 0.3) is 0 Å². The van der Waals surface area contributed by atoms with Crippen LogP contribution in [0.4, 0.5) is 5.69 Å². The molecule has 5 nitrogen and oxygen atoms in total. The van der Waals surface area contributed by atoms with Crippen LogP contribution in [0.2, 0.25) is 0 Å². The van der Waals surface area contributed by atoms with Gasteiger partial charge in [0.05, 0.1) is 7.11 Å². The number of nitrogens with one attached hydrogen (secondary N) is 2. The molecule has 19 heavy (non-hydrogen) atoms. The van der Waals surface area contributed by atoms with Gasteiger partial charge >= 0.3 is 0 Å². The summed E-state index contributed by atoms with van der Waals surface area (Å²) in [6.45, 7) is 2.83. The van der Waals surface area contributed by atoms with Crippen LogP contribution in [0.1, 0.15) is 19.8 Å². The van der Waals surface area contributed by atoms with Gasteiger partial charge in [-0.15, -0.1) is 0 Å². The van der Waals surface area contributed by atoms with Crippen LogP contribution >= 0.6 is 0 Å². The molecule has 1 rings (SSSR count). The van der Waals surface area contributed by atoms with E-state index < -0.39 is 0 Å². The molecule has 0 aromatic heterocycles. The van der Waals surface area contributed by atoms with E-state index in [9.17, 15) is 4.79 Å². The van der Waals surface area contributed by atoms with Gasteiger partial charge in [-0.25, -0.2) is 0 Å². The Balaban J connectivity index is 2.33. The highest BCUT2D eigenvalue weighted by molar-refractivity contribution is 5.91. The summed E-state index contributed by atoms with van der Waals surface area (Å²) in [5.41, 5.74) is 0.758. The zero-order valence-electron chi connectivity index (χ0n) is 11.5. The first-order chi connectivity index (χ1) is 9.15. The van der Waals surface area contributed by atoms with Crippen LogP contribution in [0.5, 0.6) is 5.75 Å². The molecule has 0 bridgehead atoms.